The van der Waals surface area contributed by atoms with E-state index in [4.69, 9.17) is 0 Å². The molecule has 0 N–H and O–H groups in total. The third-order valence-corrected chi connectivity index (χ3v) is 4.62. The van der Waals surface area contributed by atoms with E-state index in [9.17, 15) is 0 Å². The van der Waals surface area contributed by atoms with Crippen molar-refractivity contribution in [3.8, 4) is 0 Å². The van der Waals surface area contributed by atoms with E-state index in [0.29, 0.717) is 5.92 Å². The van der Waals surface area contributed by atoms with Crippen molar-refractivity contribution in [1.82, 2.24) is 0 Å². The molecule has 0 unspecified atom stereocenters. The van der Waals surface area contributed by atoms with E-state index in [-0.39, 0.29) is 0 Å². The summed E-state index contributed by atoms with van der Waals surface area (Å²) in [7, 11) is 0. The van der Waals surface area contributed by atoms with Gasteiger partial charge in [0.15, 0.2) is 0 Å². The van der Waals surface area contributed by atoms with Crippen molar-refractivity contribution in [3.05, 3.63) is 21.2 Å². The molecular formula is C10H12S2. The average molecular weight is 196 g/mol. The lowest BCUT2D eigenvalue weighted by Gasteiger charge is -1.98. The van der Waals surface area contributed by atoms with E-state index in [0.717, 1.165) is 0 Å². The second-order valence-electron chi connectivity index (χ2n) is 3.34. The average Bonchev–Trinajstić information content (AvgIpc) is 2.53. The summed E-state index contributed by atoms with van der Waals surface area (Å²) in [5.74, 6) is 0.667. The Hall–Kier alpha value is -0.340. The van der Waals surface area contributed by atoms with E-state index >= 15 is 0 Å². The van der Waals surface area contributed by atoms with Gasteiger partial charge >= 0.3 is 0 Å². The fraction of sp³-hybridized carbons (Fsp3) is 0.400. The van der Waals surface area contributed by atoms with Crippen LogP contribution in [0.3, 0.4) is 0 Å². The Bertz CT molecular complexity index is 393. The first kappa shape index (κ1) is 8.27. The van der Waals surface area contributed by atoms with Gasteiger partial charge in [0.1, 0.15) is 0 Å². The van der Waals surface area contributed by atoms with Crippen molar-refractivity contribution in [2.75, 3.05) is 0 Å². The third kappa shape index (κ3) is 1.10. The van der Waals surface area contributed by atoms with E-state index in [2.05, 4.69) is 32.2 Å². The van der Waals surface area contributed by atoms with Gasteiger partial charge in [0.05, 0.1) is 0 Å². The zero-order valence-corrected chi connectivity index (χ0v) is 9.18. The molecule has 64 valence electrons. The standard InChI is InChI=1S/C10H12S2/c1-6(2)9-8-4-5-11-10(8)7(3)12-9/h4-6H,1-3H3. The van der Waals surface area contributed by atoms with Crippen LogP contribution in [0.25, 0.3) is 10.1 Å². The molecular weight excluding hydrogens is 184 g/mol. The second-order valence-corrected chi connectivity index (χ2v) is 5.51. The van der Waals surface area contributed by atoms with Crippen molar-refractivity contribution in [1.29, 1.82) is 0 Å². The molecule has 2 aromatic rings. The van der Waals surface area contributed by atoms with Gasteiger partial charge < -0.3 is 0 Å². The van der Waals surface area contributed by atoms with Gasteiger partial charge in [-0.25, -0.2) is 0 Å². The minimum absolute atomic E-state index is 0.667. The first-order valence-corrected chi connectivity index (χ1v) is 5.86. The number of rotatable bonds is 1. The topological polar surface area (TPSA) is 0 Å². The van der Waals surface area contributed by atoms with Crippen LogP contribution in [0.4, 0.5) is 0 Å². The van der Waals surface area contributed by atoms with Gasteiger partial charge in [0.2, 0.25) is 0 Å². The largest absolute Gasteiger partial charge is 0.143 e. The van der Waals surface area contributed by atoms with Gasteiger partial charge in [-0.15, -0.1) is 22.7 Å². The Morgan fingerprint density at radius 3 is 2.75 bits per heavy atom. The predicted molar refractivity (Wildman–Crippen MR) is 58.5 cm³/mol. The van der Waals surface area contributed by atoms with Crippen LogP contribution >= 0.6 is 22.7 Å². The predicted octanol–water partition coefficient (Wildman–Crippen LogP) is 4.39. The number of thiophene rings is 2. The Balaban J connectivity index is 2.75. The quantitative estimate of drug-likeness (QED) is 0.634. The normalized spacial score (nSPS) is 11.7. The molecule has 0 saturated carbocycles. The van der Waals surface area contributed by atoms with Gasteiger partial charge in [-0.2, -0.15) is 0 Å². The Morgan fingerprint density at radius 2 is 2.08 bits per heavy atom. The maximum absolute atomic E-state index is 2.27. The molecule has 2 rings (SSSR count). The van der Waals surface area contributed by atoms with E-state index < -0.39 is 0 Å². The molecule has 0 bridgehead atoms. The van der Waals surface area contributed by atoms with Crippen LogP contribution in [-0.4, -0.2) is 0 Å². The summed E-state index contributed by atoms with van der Waals surface area (Å²) in [6, 6.07) is 2.25. The first-order valence-electron chi connectivity index (χ1n) is 4.16. The molecule has 0 saturated heterocycles. The molecule has 0 aliphatic heterocycles. The number of hydrogen-bond donors (Lipinski definition) is 0. The van der Waals surface area contributed by atoms with Crippen molar-refractivity contribution in [3.63, 3.8) is 0 Å². The van der Waals surface area contributed by atoms with Gasteiger partial charge in [-0.1, -0.05) is 13.8 Å². The lowest BCUT2D eigenvalue weighted by Crippen LogP contribution is -1.79. The fourth-order valence-electron chi connectivity index (χ4n) is 1.47. The van der Waals surface area contributed by atoms with Crippen LogP contribution in [0.1, 0.15) is 29.5 Å². The molecule has 0 fully saturated rings. The fourth-order valence-corrected chi connectivity index (χ4v) is 3.66. The highest BCUT2D eigenvalue weighted by molar-refractivity contribution is 7.23. The minimum Gasteiger partial charge on any atom is -0.143 e. The lowest BCUT2D eigenvalue weighted by molar-refractivity contribution is 0.897. The molecule has 2 heterocycles. The summed E-state index contributed by atoms with van der Waals surface area (Å²) in [4.78, 5) is 3.02. The monoisotopic (exact) mass is 196 g/mol. The first-order chi connectivity index (χ1) is 5.70. The number of aryl methyl sites for hydroxylation is 1. The summed E-state index contributed by atoms with van der Waals surface area (Å²) in [5.41, 5.74) is 0. The van der Waals surface area contributed by atoms with Crippen LogP contribution in [0.5, 0.6) is 0 Å². The highest BCUT2D eigenvalue weighted by atomic mass is 32.1. The molecule has 12 heavy (non-hydrogen) atoms. The third-order valence-electron chi connectivity index (χ3n) is 2.04. The highest BCUT2D eigenvalue weighted by Gasteiger charge is 2.11. The van der Waals surface area contributed by atoms with Gasteiger partial charge in [-0.05, 0) is 24.3 Å². The Kier molecular flexibility index (Phi) is 1.97. The van der Waals surface area contributed by atoms with Crippen molar-refractivity contribution in [2.24, 2.45) is 0 Å². The summed E-state index contributed by atoms with van der Waals surface area (Å²) in [5, 5.41) is 3.67. The van der Waals surface area contributed by atoms with Gasteiger partial charge in [0, 0.05) is 19.8 Å². The van der Waals surface area contributed by atoms with Crippen LogP contribution in [0.2, 0.25) is 0 Å². The highest BCUT2D eigenvalue weighted by Crippen LogP contribution is 2.38. The second kappa shape index (κ2) is 2.86. The number of hydrogen-bond acceptors (Lipinski definition) is 2. The van der Waals surface area contributed by atoms with Crippen LogP contribution in [0.15, 0.2) is 11.4 Å². The molecule has 0 atom stereocenters. The van der Waals surface area contributed by atoms with Crippen LogP contribution < -0.4 is 0 Å². The maximum atomic E-state index is 2.27. The van der Waals surface area contributed by atoms with Crippen molar-refractivity contribution >= 4 is 32.8 Å². The zero-order valence-electron chi connectivity index (χ0n) is 7.55. The smallest absolute Gasteiger partial charge is 0.0481 e. The summed E-state index contributed by atoms with van der Waals surface area (Å²) in [6.45, 7) is 6.75. The molecule has 0 aliphatic carbocycles. The Morgan fingerprint density at radius 1 is 1.33 bits per heavy atom. The van der Waals surface area contributed by atoms with E-state index in [1.54, 1.807) is 4.88 Å². The molecule has 0 spiro atoms. The van der Waals surface area contributed by atoms with Gasteiger partial charge in [-0.3, -0.25) is 0 Å². The summed E-state index contributed by atoms with van der Waals surface area (Å²) < 4.78 is 1.49. The molecule has 0 radical (unpaired) electrons. The minimum atomic E-state index is 0.667. The lowest BCUT2D eigenvalue weighted by atomic mass is 10.1. The summed E-state index contributed by atoms with van der Waals surface area (Å²) in [6.07, 6.45) is 0. The molecule has 2 heteroatoms. The molecule has 2 aromatic heterocycles. The SMILES string of the molecule is Cc1sc(C(C)C)c2ccsc12. The summed E-state index contributed by atoms with van der Waals surface area (Å²) >= 11 is 3.82. The molecule has 0 aliphatic rings. The molecule has 0 amide bonds. The van der Waals surface area contributed by atoms with E-state index in [1.807, 2.05) is 22.7 Å². The Labute approximate surface area is 80.9 Å². The maximum Gasteiger partial charge on any atom is 0.0481 e. The zero-order chi connectivity index (χ0) is 8.72. The van der Waals surface area contributed by atoms with Crippen molar-refractivity contribution in [2.45, 2.75) is 26.7 Å². The van der Waals surface area contributed by atoms with Crippen LogP contribution in [-0.2, 0) is 0 Å². The number of fused-ring (bicyclic) bond motifs is 1. The van der Waals surface area contributed by atoms with Gasteiger partial charge in [0.25, 0.3) is 0 Å². The molecule has 0 aromatic carbocycles. The van der Waals surface area contributed by atoms with Crippen molar-refractivity contribution < 1.29 is 0 Å². The van der Waals surface area contributed by atoms with Crippen LogP contribution in [0, 0.1) is 6.92 Å². The molecule has 0 nitrogen and oxygen atoms in total. The van der Waals surface area contributed by atoms with E-state index in [1.165, 1.54) is 15.0 Å².